The molecule has 0 radical (unpaired) electrons. The Morgan fingerprint density at radius 1 is 1.19 bits per heavy atom. The number of benzene rings is 2. The van der Waals surface area contributed by atoms with E-state index >= 15 is 0 Å². The Hall–Kier alpha value is -3.20. The summed E-state index contributed by atoms with van der Waals surface area (Å²) in [6.45, 7) is 6.35. The predicted molar refractivity (Wildman–Crippen MR) is 118 cm³/mol. The van der Waals surface area contributed by atoms with Crippen molar-refractivity contribution in [3.63, 3.8) is 0 Å². The van der Waals surface area contributed by atoms with Crippen LogP contribution in [0, 0.1) is 13.8 Å². The van der Waals surface area contributed by atoms with Gasteiger partial charge in [-0.2, -0.15) is 0 Å². The number of anilines is 1. The fraction of sp³-hybridized carbons (Fsp3) is 0.318. The normalized spacial score (nSPS) is 13.2. The largest absolute Gasteiger partial charge is 0.485 e. The van der Waals surface area contributed by atoms with Crippen molar-refractivity contribution >= 4 is 23.4 Å². The number of rotatable bonds is 7. The Bertz CT molecular complexity index is 1110. The molecule has 0 spiro atoms. The van der Waals surface area contributed by atoms with Crippen LogP contribution in [0.2, 0.25) is 0 Å². The van der Waals surface area contributed by atoms with Crippen LogP contribution < -0.4 is 19.5 Å². The summed E-state index contributed by atoms with van der Waals surface area (Å²) in [7, 11) is 1.87. The molecule has 1 aliphatic heterocycles. The molecule has 1 N–H and O–H groups in total. The Labute approximate surface area is 184 Å². The molecule has 162 valence electrons. The van der Waals surface area contributed by atoms with Gasteiger partial charge < -0.3 is 24.1 Å². The first-order chi connectivity index (χ1) is 14.9. The lowest BCUT2D eigenvalue weighted by atomic mass is 10.1. The third kappa shape index (κ3) is 4.77. The lowest BCUT2D eigenvalue weighted by Crippen LogP contribution is -2.22. The molecule has 9 heteroatoms. The maximum absolute atomic E-state index is 12.6. The van der Waals surface area contributed by atoms with Crippen LogP contribution in [0.5, 0.6) is 17.2 Å². The minimum absolute atomic E-state index is 0.139. The zero-order valence-electron chi connectivity index (χ0n) is 17.8. The van der Waals surface area contributed by atoms with Crippen LogP contribution in [0.3, 0.4) is 0 Å². The summed E-state index contributed by atoms with van der Waals surface area (Å²) in [5.41, 5.74) is 2.86. The zero-order chi connectivity index (χ0) is 22.0. The molecule has 1 amide bonds. The molecule has 3 aromatic rings. The van der Waals surface area contributed by atoms with Gasteiger partial charge in [0, 0.05) is 18.8 Å². The molecule has 0 fully saturated rings. The van der Waals surface area contributed by atoms with E-state index in [-0.39, 0.29) is 18.0 Å². The average molecular weight is 441 g/mol. The molecular weight excluding hydrogens is 416 g/mol. The van der Waals surface area contributed by atoms with Crippen molar-refractivity contribution < 1.29 is 19.0 Å². The molecular formula is C22H24N4O4S. The Morgan fingerprint density at radius 2 is 2.00 bits per heavy atom. The van der Waals surface area contributed by atoms with Gasteiger partial charge in [0.25, 0.3) is 0 Å². The van der Waals surface area contributed by atoms with Crippen molar-refractivity contribution in [1.82, 2.24) is 14.8 Å². The molecule has 1 aliphatic rings. The van der Waals surface area contributed by atoms with Gasteiger partial charge in [-0.1, -0.05) is 23.9 Å². The van der Waals surface area contributed by atoms with Crippen LogP contribution in [-0.2, 0) is 18.4 Å². The lowest BCUT2D eigenvalue weighted by molar-refractivity contribution is -0.115. The highest BCUT2D eigenvalue weighted by Crippen LogP contribution is 2.34. The predicted octanol–water partition coefficient (Wildman–Crippen LogP) is 3.86. The number of amides is 1. The van der Waals surface area contributed by atoms with E-state index in [1.54, 1.807) is 18.2 Å². The van der Waals surface area contributed by atoms with E-state index in [4.69, 9.17) is 14.2 Å². The molecule has 1 atom stereocenters. The van der Waals surface area contributed by atoms with Crippen molar-refractivity contribution in [2.24, 2.45) is 7.05 Å². The van der Waals surface area contributed by atoms with E-state index in [2.05, 4.69) is 21.6 Å². The van der Waals surface area contributed by atoms with E-state index in [1.807, 2.05) is 44.5 Å². The molecule has 0 bridgehead atoms. The van der Waals surface area contributed by atoms with Gasteiger partial charge in [0.2, 0.25) is 12.7 Å². The second-order valence-corrected chi connectivity index (χ2v) is 8.64. The molecule has 0 saturated heterocycles. The fourth-order valence-corrected chi connectivity index (χ4v) is 3.84. The molecule has 0 aliphatic carbocycles. The van der Waals surface area contributed by atoms with Crippen LogP contribution in [0.25, 0.3) is 0 Å². The number of hydrogen-bond donors (Lipinski definition) is 1. The molecule has 8 nitrogen and oxygen atoms in total. The Kier molecular flexibility index (Phi) is 6.03. The molecule has 2 heterocycles. The quantitative estimate of drug-likeness (QED) is 0.558. The third-order valence-corrected chi connectivity index (χ3v) is 6.05. The van der Waals surface area contributed by atoms with Crippen LogP contribution in [-0.4, -0.2) is 32.7 Å². The first kappa shape index (κ1) is 21.0. The summed E-state index contributed by atoms with van der Waals surface area (Å²) in [6.07, 6.45) is 0. The van der Waals surface area contributed by atoms with Crippen molar-refractivity contribution in [1.29, 1.82) is 0 Å². The van der Waals surface area contributed by atoms with Crippen molar-refractivity contribution in [2.75, 3.05) is 12.1 Å². The molecule has 31 heavy (non-hydrogen) atoms. The number of fused-ring (bicyclic) bond motifs is 1. The number of ether oxygens (including phenoxy) is 3. The smallest absolute Gasteiger partial charge is 0.237 e. The molecule has 1 aromatic heterocycles. The van der Waals surface area contributed by atoms with Crippen molar-refractivity contribution in [3.8, 4) is 17.2 Å². The summed E-state index contributed by atoms with van der Waals surface area (Å²) in [4.78, 5) is 12.6. The molecule has 4 rings (SSSR count). The monoisotopic (exact) mass is 440 g/mol. The Balaban J connectivity index is 1.36. The van der Waals surface area contributed by atoms with Gasteiger partial charge >= 0.3 is 0 Å². The highest BCUT2D eigenvalue weighted by atomic mass is 32.2. The maximum atomic E-state index is 12.6. The number of thioether (sulfide) groups is 1. The van der Waals surface area contributed by atoms with E-state index < -0.39 is 0 Å². The summed E-state index contributed by atoms with van der Waals surface area (Å²) in [6, 6.07) is 11.4. The second-order valence-electron chi connectivity index (χ2n) is 7.33. The van der Waals surface area contributed by atoms with Gasteiger partial charge in [-0.3, -0.25) is 4.79 Å². The van der Waals surface area contributed by atoms with E-state index in [0.717, 1.165) is 16.9 Å². The highest BCUT2D eigenvalue weighted by molar-refractivity contribution is 8.00. The van der Waals surface area contributed by atoms with Gasteiger partial charge in [0.1, 0.15) is 12.4 Å². The SMILES string of the molecule is Cc1ccc(C)c(OCc2nnc(SC(C)C(=O)Nc3ccc4c(c3)OCO4)n2C)c1. The van der Waals surface area contributed by atoms with E-state index in [0.29, 0.717) is 34.8 Å². The number of aromatic nitrogens is 3. The van der Waals surface area contributed by atoms with Gasteiger partial charge in [0.15, 0.2) is 22.5 Å². The standard InChI is InChI=1S/C22H24N4O4S/c1-13-5-6-14(2)18(9-13)28-11-20-24-25-22(26(20)4)31-15(3)21(27)23-16-7-8-17-19(10-16)30-12-29-17/h5-10,15H,11-12H2,1-4H3,(H,23,27). The van der Waals surface area contributed by atoms with Gasteiger partial charge in [-0.05, 0) is 50.1 Å². The second kappa shape index (κ2) is 8.89. The van der Waals surface area contributed by atoms with Crippen LogP contribution >= 0.6 is 11.8 Å². The Morgan fingerprint density at radius 3 is 2.84 bits per heavy atom. The molecule has 0 saturated carbocycles. The van der Waals surface area contributed by atoms with Crippen molar-refractivity contribution in [2.45, 2.75) is 37.8 Å². The van der Waals surface area contributed by atoms with Crippen LogP contribution in [0.1, 0.15) is 23.9 Å². The fourth-order valence-electron chi connectivity index (χ4n) is 3.01. The number of aryl methyl sites for hydroxylation is 2. The topological polar surface area (TPSA) is 87.5 Å². The van der Waals surface area contributed by atoms with Crippen molar-refractivity contribution in [3.05, 3.63) is 53.3 Å². The number of nitrogens with one attached hydrogen (secondary N) is 1. The zero-order valence-corrected chi connectivity index (χ0v) is 18.7. The first-order valence-electron chi connectivity index (χ1n) is 9.86. The number of nitrogens with zero attached hydrogens (tertiary/aromatic N) is 3. The van der Waals surface area contributed by atoms with E-state index in [1.165, 1.54) is 11.8 Å². The lowest BCUT2D eigenvalue weighted by Gasteiger charge is -2.12. The molecule has 1 unspecified atom stereocenters. The summed E-state index contributed by atoms with van der Waals surface area (Å²) < 4.78 is 18.4. The maximum Gasteiger partial charge on any atom is 0.237 e. The van der Waals surface area contributed by atoms with Gasteiger partial charge in [-0.25, -0.2) is 0 Å². The van der Waals surface area contributed by atoms with Gasteiger partial charge in [0.05, 0.1) is 5.25 Å². The minimum atomic E-state index is -0.374. The van der Waals surface area contributed by atoms with E-state index in [9.17, 15) is 4.79 Å². The van der Waals surface area contributed by atoms with Crippen LogP contribution in [0.4, 0.5) is 5.69 Å². The summed E-state index contributed by atoms with van der Waals surface area (Å²) in [5, 5.41) is 11.6. The number of hydrogen-bond acceptors (Lipinski definition) is 7. The number of carbonyl (C=O) groups is 1. The average Bonchev–Trinajstić information content (AvgIpc) is 3.35. The first-order valence-corrected chi connectivity index (χ1v) is 10.7. The third-order valence-electron chi connectivity index (χ3n) is 4.92. The summed E-state index contributed by atoms with van der Waals surface area (Å²) >= 11 is 1.34. The number of carbonyl (C=O) groups excluding carboxylic acids is 1. The molecule has 2 aromatic carbocycles. The van der Waals surface area contributed by atoms with Gasteiger partial charge in [-0.15, -0.1) is 10.2 Å². The summed E-state index contributed by atoms with van der Waals surface area (Å²) in [5.74, 6) is 2.68. The van der Waals surface area contributed by atoms with Crippen LogP contribution in [0.15, 0.2) is 41.6 Å². The minimum Gasteiger partial charge on any atom is -0.485 e. The highest BCUT2D eigenvalue weighted by Gasteiger charge is 2.20.